The van der Waals surface area contributed by atoms with E-state index >= 15 is 0 Å². The summed E-state index contributed by atoms with van der Waals surface area (Å²) in [5.41, 5.74) is -0.668. The molecule has 3 rings (SSSR count). The smallest absolute Gasteiger partial charge is 0.271 e. The molecule has 0 saturated heterocycles. The normalized spacial score (nSPS) is 11.4. The first-order valence-electron chi connectivity index (χ1n) is 7.50. The Morgan fingerprint density at radius 1 is 1.31 bits per heavy atom. The van der Waals surface area contributed by atoms with Crippen LogP contribution in [0.2, 0.25) is 5.02 Å². The van der Waals surface area contributed by atoms with Gasteiger partial charge in [-0.05, 0) is 24.3 Å². The number of alkyl halides is 2. The zero-order valence-electron chi connectivity index (χ0n) is 13.6. The fraction of sp³-hybridized carbons (Fsp3) is 0.176. The van der Waals surface area contributed by atoms with Crippen LogP contribution in [0, 0.1) is 0 Å². The molecule has 1 aromatic carbocycles. The molecule has 0 bridgehead atoms. The number of halogens is 3. The number of Topliss-reactive ketones (excluding diaryl/α,β-unsaturated/α-hetero) is 1. The van der Waals surface area contributed by atoms with Crippen molar-refractivity contribution in [3.8, 4) is 11.6 Å². The largest absolute Gasteiger partial charge is 0.439 e. The Hall–Kier alpha value is -2.87. The number of carbonyl (C=O) groups excluding carboxylic acids is 1. The predicted molar refractivity (Wildman–Crippen MR) is 89.7 cm³/mol. The van der Waals surface area contributed by atoms with Crippen molar-refractivity contribution in [2.75, 3.05) is 0 Å². The Bertz CT molecular complexity index is 910. The van der Waals surface area contributed by atoms with Crippen molar-refractivity contribution >= 4 is 17.4 Å². The second-order valence-electron chi connectivity index (χ2n) is 5.53. The Balaban J connectivity index is 1.90. The van der Waals surface area contributed by atoms with Crippen LogP contribution in [0.1, 0.15) is 22.8 Å². The Morgan fingerprint density at radius 2 is 2.04 bits per heavy atom. The highest BCUT2D eigenvalue weighted by Crippen LogP contribution is 2.33. The molecule has 0 aliphatic rings. The standard InChI is InChI=1S/C17H13ClF2N4O2/c1-17(19,20)14-6-16(26-12-4-2-11(18)3-5-12)22-7-13(14)15(25)8-24-10-21-9-23-24/h2-7,9-10H,8H2,1H3. The lowest BCUT2D eigenvalue weighted by molar-refractivity contribution is 0.0161. The fourth-order valence-corrected chi connectivity index (χ4v) is 2.37. The summed E-state index contributed by atoms with van der Waals surface area (Å²) >= 11 is 5.79. The molecule has 0 aliphatic heterocycles. The minimum absolute atomic E-state index is 0.0545. The number of hydrogen-bond donors (Lipinski definition) is 0. The van der Waals surface area contributed by atoms with Crippen LogP contribution in [0.5, 0.6) is 11.6 Å². The number of ether oxygens (including phenoxy) is 1. The van der Waals surface area contributed by atoms with Gasteiger partial charge >= 0.3 is 0 Å². The van der Waals surface area contributed by atoms with Gasteiger partial charge < -0.3 is 4.74 Å². The third-order valence-corrected chi connectivity index (χ3v) is 3.71. The van der Waals surface area contributed by atoms with E-state index in [4.69, 9.17) is 16.3 Å². The molecule has 2 aromatic heterocycles. The van der Waals surface area contributed by atoms with Crippen LogP contribution in [0.3, 0.4) is 0 Å². The number of ketones is 1. The number of pyridine rings is 1. The van der Waals surface area contributed by atoms with Crippen molar-refractivity contribution in [3.05, 3.63) is 65.3 Å². The van der Waals surface area contributed by atoms with Crippen molar-refractivity contribution in [2.24, 2.45) is 0 Å². The zero-order chi connectivity index (χ0) is 18.7. The summed E-state index contributed by atoms with van der Waals surface area (Å²) in [5, 5.41) is 4.31. The second kappa shape index (κ2) is 7.17. The highest BCUT2D eigenvalue weighted by molar-refractivity contribution is 6.30. The average Bonchev–Trinajstić information content (AvgIpc) is 3.09. The first kappa shape index (κ1) is 17.9. The summed E-state index contributed by atoms with van der Waals surface area (Å²) in [6, 6.07) is 7.42. The molecule has 0 amide bonds. The average molecular weight is 379 g/mol. The van der Waals surface area contributed by atoms with E-state index in [1.54, 1.807) is 24.3 Å². The topological polar surface area (TPSA) is 69.9 Å². The van der Waals surface area contributed by atoms with Gasteiger partial charge in [0.05, 0.1) is 0 Å². The molecular formula is C17H13ClF2N4O2. The maximum atomic E-state index is 14.0. The van der Waals surface area contributed by atoms with Crippen molar-refractivity contribution in [2.45, 2.75) is 19.4 Å². The molecular weight excluding hydrogens is 366 g/mol. The predicted octanol–water partition coefficient (Wildman–Crippen LogP) is 4.11. The third-order valence-electron chi connectivity index (χ3n) is 3.46. The van der Waals surface area contributed by atoms with Crippen LogP contribution in [0.4, 0.5) is 8.78 Å². The van der Waals surface area contributed by atoms with Crippen molar-refractivity contribution in [1.82, 2.24) is 19.7 Å². The third kappa shape index (κ3) is 4.20. The molecule has 0 spiro atoms. The molecule has 0 unspecified atom stereocenters. The summed E-state index contributed by atoms with van der Waals surface area (Å²) < 4.78 is 34.8. The van der Waals surface area contributed by atoms with E-state index in [2.05, 4.69) is 15.1 Å². The summed E-state index contributed by atoms with van der Waals surface area (Å²) in [5.74, 6) is -3.48. The number of hydrogen-bond acceptors (Lipinski definition) is 5. The first-order valence-corrected chi connectivity index (χ1v) is 7.88. The van der Waals surface area contributed by atoms with Gasteiger partial charge in [0.1, 0.15) is 24.9 Å². The molecule has 0 fully saturated rings. The van der Waals surface area contributed by atoms with E-state index in [0.29, 0.717) is 17.7 Å². The maximum absolute atomic E-state index is 14.0. The van der Waals surface area contributed by atoms with Gasteiger partial charge in [-0.2, -0.15) is 5.10 Å². The lowest BCUT2D eigenvalue weighted by Gasteiger charge is -2.16. The zero-order valence-corrected chi connectivity index (χ0v) is 14.3. The minimum atomic E-state index is -3.26. The van der Waals surface area contributed by atoms with Crippen molar-refractivity contribution in [1.29, 1.82) is 0 Å². The van der Waals surface area contributed by atoms with Crippen LogP contribution in [0.25, 0.3) is 0 Å². The summed E-state index contributed by atoms with van der Waals surface area (Å²) in [4.78, 5) is 20.0. The molecule has 6 nitrogen and oxygen atoms in total. The molecule has 9 heteroatoms. The SMILES string of the molecule is CC(F)(F)c1cc(Oc2ccc(Cl)cc2)ncc1C(=O)Cn1cncn1. The summed E-state index contributed by atoms with van der Waals surface area (Å²) in [6.07, 6.45) is 3.66. The number of aromatic nitrogens is 4. The van der Waals surface area contributed by atoms with Crippen LogP contribution in [-0.4, -0.2) is 25.5 Å². The summed E-state index contributed by atoms with van der Waals surface area (Å²) in [6.45, 7) is 0.489. The monoisotopic (exact) mass is 378 g/mol. The maximum Gasteiger partial charge on any atom is 0.271 e. The molecule has 0 radical (unpaired) electrons. The van der Waals surface area contributed by atoms with E-state index < -0.39 is 17.3 Å². The second-order valence-corrected chi connectivity index (χ2v) is 5.97. The molecule has 3 aromatic rings. The number of rotatable bonds is 6. The lowest BCUT2D eigenvalue weighted by Crippen LogP contribution is -2.18. The number of nitrogens with zero attached hydrogens (tertiary/aromatic N) is 4. The highest BCUT2D eigenvalue weighted by atomic mass is 35.5. The van der Waals surface area contributed by atoms with E-state index in [1.165, 1.54) is 17.3 Å². The van der Waals surface area contributed by atoms with Gasteiger partial charge in [-0.1, -0.05) is 11.6 Å². The lowest BCUT2D eigenvalue weighted by atomic mass is 10.0. The molecule has 134 valence electrons. The van der Waals surface area contributed by atoms with Crippen LogP contribution < -0.4 is 4.74 Å². The quantitative estimate of drug-likeness (QED) is 0.603. The van der Waals surface area contributed by atoms with Gasteiger partial charge in [-0.3, -0.25) is 4.79 Å². The van der Waals surface area contributed by atoms with E-state index in [0.717, 1.165) is 12.3 Å². The molecule has 26 heavy (non-hydrogen) atoms. The number of carbonyl (C=O) groups is 1. The Kier molecular flexibility index (Phi) is 4.94. The van der Waals surface area contributed by atoms with E-state index in [-0.39, 0.29) is 18.0 Å². The van der Waals surface area contributed by atoms with Crippen molar-refractivity contribution in [3.63, 3.8) is 0 Å². The van der Waals surface area contributed by atoms with Gasteiger partial charge in [-0.15, -0.1) is 0 Å². The molecule has 0 atom stereocenters. The molecule has 0 saturated carbocycles. The molecule has 2 heterocycles. The summed E-state index contributed by atoms with van der Waals surface area (Å²) in [7, 11) is 0. The van der Waals surface area contributed by atoms with Crippen LogP contribution >= 0.6 is 11.6 Å². The van der Waals surface area contributed by atoms with Gasteiger partial charge in [-0.25, -0.2) is 23.4 Å². The van der Waals surface area contributed by atoms with Gasteiger partial charge in [0, 0.05) is 35.3 Å². The number of benzene rings is 1. The van der Waals surface area contributed by atoms with Crippen LogP contribution in [0.15, 0.2) is 49.2 Å². The molecule has 0 aliphatic carbocycles. The van der Waals surface area contributed by atoms with Gasteiger partial charge in [0.25, 0.3) is 5.92 Å². The highest BCUT2D eigenvalue weighted by Gasteiger charge is 2.31. The first-order chi connectivity index (χ1) is 12.3. The van der Waals surface area contributed by atoms with Gasteiger partial charge in [0.15, 0.2) is 5.78 Å². The minimum Gasteiger partial charge on any atom is -0.439 e. The van der Waals surface area contributed by atoms with Crippen molar-refractivity contribution < 1.29 is 18.3 Å². The van der Waals surface area contributed by atoms with E-state index in [1.807, 2.05) is 0 Å². The molecule has 0 N–H and O–H groups in total. The van der Waals surface area contributed by atoms with E-state index in [9.17, 15) is 13.6 Å². The fourth-order valence-electron chi connectivity index (χ4n) is 2.25. The Morgan fingerprint density at radius 3 is 2.65 bits per heavy atom. The van der Waals surface area contributed by atoms with Crippen LogP contribution in [-0.2, 0) is 12.5 Å². The van der Waals surface area contributed by atoms with Gasteiger partial charge in [0.2, 0.25) is 5.88 Å². The Labute approximate surface area is 152 Å².